The van der Waals surface area contributed by atoms with Gasteiger partial charge < -0.3 is 0 Å². The smallest absolute Gasteiger partial charge is 0.234 e. The summed E-state index contributed by atoms with van der Waals surface area (Å²) in [5, 5.41) is 6.24. The highest BCUT2D eigenvalue weighted by molar-refractivity contribution is 7.08. The first kappa shape index (κ1) is 13.0. The van der Waals surface area contributed by atoms with Gasteiger partial charge in [-0.1, -0.05) is 12.1 Å². The van der Waals surface area contributed by atoms with Crippen LogP contribution in [0.4, 0.5) is 4.39 Å². The van der Waals surface area contributed by atoms with Gasteiger partial charge in [-0.2, -0.15) is 11.3 Å². The molecule has 1 aliphatic rings. The van der Waals surface area contributed by atoms with Crippen LogP contribution in [-0.4, -0.2) is 11.8 Å². The molecule has 1 aromatic carbocycles. The van der Waals surface area contributed by atoms with Crippen LogP contribution in [0.3, 0.4) is 0 Å². The standard InChI is InChI=1S/C15H12FNO2S/c16-11-3-1-9(2-4-11)14-12(10-5-6-20-8-10)7-13(18)17-15(14)19/h1-6,8,12,14H,7H2,(H,17,18,19). The first-order valence-electron chi connectivity index (χ1n) is 6.26. The lowest BCUT2D eigenvalue weighted by Gasteiger charge is -2.30. The molecule has 2 unspecified atom stereocenters. The minimum Gasteiger partial charge on any atom is -0.296 e. The number of nitrogens with one attached hydrogen (secondary N) is 1. The molecule has 1 fully saturated rings. The van der Waals surface area contributed by atoms with E-state index in [-0.39, 0.29) is 30.0 Å². The Morgan fingerprint density at radius 3 is 2.50 bits per heavy atom. The summed E-state index contributed by atoms with van der Waals surface area (Å²) in [5.74, 6) is -1.56. The molecule has 5 heteroatoms. The highest BCUT2D eigenvalue weighted by Crippen LogP contribution is 2.39. The Labute approximate surface area is 119 Å². The van der Waals surface area contributed by atoms with Crippen molar-refractivity contribution < 1.29 is 14.0 Å². The van der Waals surface area contributed by atoms with Gasteiger partial charge >= 0.3 is 0 Å². The Morgan fingerprint density at radius 2 is 1.85 bits per heavy atom. The number of benzene rings is 1. The van der Waals surface area contributed by atoms with Crippen molar-refractivity contribution in [2.24, 2.45) is 0 Å². The largest absolute Gasteiger partial charge is 0.296 e. The number of piperidine rings is 1. The van der Waals surface area contributed by atoms with E-state index in [1.165, 1.54) is 23.5 Å². The third-order valence-corrected chi connectivity index (χ3v) is 4.25. The summed E-state index contributed by atoms with van der Waals surface area (Å²) in [7, 11) is 0. The van der Waals surface area contributed by atoms with E-state index < -0.39 is 5.92 Å². The summed E-state index contributed by atoms with van der Waals surface area (Å²) >= 11 is 1.53. The van der Waals surface area contributed by atoms with Gasteiger partial charge in [-0.3, -0.25) is 14.9 Å². The maximum absolute atomic E-state index is 13.0. The van der Waals surface area contributed by atoms with E-state index in [4.69, 9.17) is 0 Å². The summed E-state index contributed by atoms with van der Waals surface area (Å²) in [6.07, 6.45) is 0.268. The monoisotopic (exact) mass is 289 g/mol. The van der Waals surface area contributed by atoms with Crippen molar-refractivity contribution in [2.75, 3.05) is 0 Å². The molecule has 1 aliphatic heterocycles. The van der Waals surface area contributed by atoms with E-state index in [0.717, 1.165) is 11.1 Å². The lowest BCUT2D eigenvalue weighted by molar-refractivity contribution is -0.135. The van der Waals surface area contributed by atoms with Gasteiger partial charge in [0.1, 0.15) is 5.82 Å². The van der Waals surface area contributed by atoms with E-state index in [0.29, 0.717) is 0 Å². The van der Waals surface area contributed by atoms with Crippen LogP contribution in [0.15, 0.2) is 41.1 Å². The Bertz CT molecular complexity index is 636. The highest BCUT2D eigenvalue weighted by atomic mass is 32.1. The second-order valence-electron chi connectivity index (χ2n) is 4.81. The molecule has 2 heterocycles. The molecule has 0 aliphatic carbocycles. The van der Waals surface area contributed by atoms with Crippen LogP contribution in [-0.2, 0) is 9.59 Å². The Hall–Kier alpha value is -2.01. The topological polar surface area (TPSA) is 46.2 Å². The lowest BCUT2D eigenvalue weighted by atomic mass is 9.77. The van der Waals surface area contributed by atoms with Crippen LogP contribution < -0.4 is 5.32 Å². The van der Waals surface area contributed by atoms with Gasteiger partial charge in [-0.05, 0) is 40.1 Å². The summed E-state index contributed by atoms with van der Waals surface area (Å²) in [6.45, 7) is 0. The molecule has 1 N–H and O–H groups in total. The molecule has 0 saturated carbocycles. The number of halogens is 1. The third kappa shape index (κ3) is 2.36. The van der Waals surface area contributed by atoms with Crippen molar-refractivity contribution in [2.45, 2.75) is 18.3 Å². The second-order valence-corrected chi connectivity index (χ2v) is 5.59. The average Bonchev–Trinajstić information content (AvgIpc) is 2.93. The molecule has 0 bridgehead atoms. The molecule has 102 valence electrons. The molecule has 1 aromatic heterocycles. The van der Waals surface area contributed by atoms with E-state index in [2.05, 4.69) is 5.32 Å². The summed E-state index contributed by atoms with van der Waals surface area (Å²) in [6, 6.07) is 7.81. The fourth-order valence-electron chi connectivity index (χ4n) is 2.62. The van der Waals surface area contributed by atoms with E-state index in [1.807, 2.05) is 16.8 Å². The van der Waals surface area contributed by atoms with Gasteiger partial charge in [0.15, 0.2) is 0 Å². The van der Waals surface area contributed by atoms with Crippen molar-refractivity contribution >= 4 is 23.2 Å². The predicted octanol–water partition coefficient (Wildman–Crippen LogP) is 2.80. The summed E-state index contributed by atoms with van der Waals surface area (Å²) < 4.78 is 13.0. The number of amides is 2. The molecule has 3 nitrogen and oxygen atoms in total. The van der Waals surface area contributed by atoms with Gasteiger partial charge in [-0.15, -0.1) is 0 Å². The van der Waals surface area contributed by atoms with Gasteiger partial charge in [0, 0.05) is 12.3 Å². The fourth-order valence-corrected chi connectivity index (χ4v) is 3.34. The predicted molar refractivity (Wildman–Crippen MR) is 74.0 cm³/mol. The van der Waals surface area contributed by atoms with Crippen LogP contribution in [0.1, 0.15) is 29.4 Å². The van der Waals surface area contributed by atoms with Gasteiger partial charge in [0.25, 0.3) is 0 Å². The molecular formula is C15H12FNO2S. The second kappa shape index (κ2) is 5.17. The number of imide groups is 1. The van der Waals surface area contributed by atoms with E-state index in [1.54, 1.807) is 12.1 Å². The zero-order valence-electron chi connectivity index (χ0n) is 10.5. The number of hydrogen-bond donors (Lipinski definition) is 1. The molecule has 2 amide bonds. The van der Waals surface area contributed by atoms with Gasteiger partial charge in [0.05, 0.1) is 5.92 Å². The Morgan fingerprint density at radius 1 is 1.10 bits per heavy atom. The number of thiophene rings is 1. The van der Waals surface area contributed by atoms with Crippen molar-refractivity contribution in [1.82, 2.24) is 5.32 Å². The molecule has 0 spiro atoms. The zero-order valence-corrected chi connectivity index (χ0v) is 11.3. The third-order valence-electron chi connectivity index (χ3n) is 3.55. The van der Waals surface area contributed by atoms with E-state index in [9.17, 15) is 14.0 Å². The fraction of sp³-hybridized carbons (Fsp3) is 0.200. The maximum atomic E-state index is 13.0. The van der Waals surface area contributed by atoms with Crippen LogP contribution in [0.25, 0.3) is 0 Å². The molecule has 2 aromatic rings. The van der Waals surface area contributed by atoms with Crippen LogP contribution in [0.2, 0.25) is 0 Å². The molecule has 3 rings (SSSR count). The Kier molecular flexibility index (Phi) is 3.36. The Balaban J connectivity index is 2.01. The number of rotatable bonds is 2. The number of carbonyl (C=O) groups is 2. The molecule has 2 atom stereocenters. The number of carbonyl (C=O) groups excluding carboxylic acids is 2. The van der Waals surface area contributed by atoms with Gasteiger partial charge in [0.2, 0.25) is 11.8 Å². The lowest BCUT2D eigenvalue weighted by Crippen LogP contribution is -2.43. The molecule has 20 heavy (non-hydrogen) atoms. The minimum absolute atomic E-state index is 0.187. The van der Waals surface area contributed by atoms with Crippen LogP contribution in [0.5, 0.6) is 0 Å². The quantitative estimate of drug-likeness (QED) is 0.864. The minimum atomic E-state index is -0.456. The molecule has 0 radical (unpaired) electrons. The summed E-state index contributed by atoms with van der Waals surface area (Å²) in [4.78, 5) is 23.8. The van der Waals surface area contributed by atoms with Crippen molar-refractivity contribution in [3.8, 4) is 0 Å². The maximum Gasteiger partial charge on any atom is 0.234 e. The average molecular weight is 289 g/mol. The normalized spacial score (nSPS) is 22.6. The van der Waals surface area contributed by atoms with E-state index >= 15 is 0 Å². The van der Waals surface area contributed by atoms with Gasteiger partial charge in [-0.25, -0.2) is 4.39 Å². The SMILES string of the molecule is O=C1CC(c2ccsc2)C(c2ccc(F)cc2)C(=O)N1. The van der Waals surface area contributed by atoms with Crippen molar-refractivity contribution in [3.05, 3.63) is 58.0 Å². The molecular weight excluding hydrogens is 277 g/mol. The van der Waals surface area contributed by atoms with Crippen LogP contribution >= 0.6 is 11.3 Å². The zero-order chi connectivity index (χ0) is 14.1. The first-order chi connectivity index (χ1) is 9.65. The highest BCUT2D eigenvalue weighted by Gasteiger charge is 2.37. The number of hydrogen-bond acceptors (Lipinski definition) is 3. The van der Waals surface area contributed by atoms with Crippen LogP contribution in [0, 0.1) is 5.82 Å². The molecule has 1 saturated heterocycles. The van der Waals surface area contributed by atoms with Crippen molar-refractivity contribution in [1.29, 1.82) is 0 Å². The summed E-state index contributed by atoms with van der Waals surface area (Å²) in [5.41, 5.74) is 1.71. The van der Waals surface area contributed by atoms with Crippen molar-refractivity contribution in [3.63, 3.8) is 0 Å². The first-order valence-corrected chi connectivity index (χ1v) is 7.20.